The van der Waals surface area contributed by atoms with Gasteiger partial charge in [0.05, 0.1) is 24.4 Å². The van der Waals surface area contributed by atoms with Crippen molar-refractivity contribution in [3.63, 3.8) is 0 Å². The first-order valence-corrected chi connectivity index (χ1v) is 13.6. The molecule has 0 atom stereocenters. The van der Waals surface area contributed by atoms with Crippen LogP contribution < -0.4 is 29.7 Å². The van der Waals surface area contributed by atoms with E-state index in [1.54, 1.807) is 30.3 Å². The molecule has 1 aliphatic heterocycles. The zero-order chi connectivity index (χ0) is 30.4. The zero-order valence-corrected chi connectivity index (χ0v) is 24.5. The highest BCUT2D eigenvalue weighted by Crippen LogP contribution is 2.34. The molecular formula is C30H27Cl2N3O7. The fourth-order valence-electron chi connectivity index (χ4n) is 3.92. The van der Waals surface area contributed by atoms with Gasteiger partial charge in [-0.25, -0.2) is 9.69 Å². The number of hydrogen-bond donors (Lipinski definition) is 2. The molecule has 10 nitrogen and oxygen atoms in total. The van der Waals surface area contributed by atoms with Crippen molar-refractivity contribution in [2.24, 2.45) is 0 Å². The second-order valence-corrected chi connectivity index (χ2v) is 9.95. The maximum atomic E-state index is 13.3. The van der Waals surface area contributed by atoms with E-state index in [-0.39, 0.29) is 28.6 Å². The molecule has 3 aromatic carbocycles. The van der Waals surface area contributed by atoms with Gasteiger partial charge in [0.15, 0.2) is 18.1 Å². The molecule has 1 aliphatic rings. The second kappa shape index (κ2) is 13.4. The van der Waals surface area contributed by atoms with Gasteiger partial charge in [0, 0.05) is 16.8 Å². The Bertz CT molecular complexity index is 1590. The number of carbonyl (C=O) groups excluding carboxylic acids is 4. The van der Waals surface area contributed by atoms with Crippen molar-refractivity contribution in [2.75, 3.05) is 30.5 Å². The van der Waals surface area contributed by atoms with E-state index in [1.807, 2.05) is 13.8 Å². The van der Waals surface area contributed by atoms with Crippen LogP contribution >= 0.6 is 23.2 Å². The minimum absolute atomic E-state index is 0.138. The first kappa shape index (κ1) is 30.4. The maximum absolute atomic E-state index is 13.3. The molecule has 3 aromatic rings. The number of halogens is 2. The Balaban J connectivity index is 1.48. The Morgan fingerprint density at radius 3 is 2.40 bits per heavy atom. The number of urea groups is 1. The van der Waals surface area contributed by atoms with E-state index >= 15 is 0 Å². The molecule has 1 fully saturated rings. The Morgan fingerprint density at radius 2 is 1.71 bits per heavy atom. The molecule has 0 radical (unpaired) electrons. The molecule has 0 bridgehead atoms. The molecule has 42 heavy (non-hydrogen) atoms. The third-order valence-electron chi connectivity index (χ3n) is 6.05. The number of nitrogens with one attached hydrogen (secondary N) is 2. The van der Waals surface area contributed by atoms with Crippen LogP contribution in [-0.2, 0) is 14.4 Å². The lowest BCUT2D eigenvalue weighted by Gasteiger charge is -2.27. The smallest absolute Gasteiger partial charge is 0.335 e. The standard InChI is InChI=1S/C30H27Cl2N3O7/c1-4-11-41-25-10-8-20(15-26(25)40-3)35-29(38)21(28(37)34-30(35)39)12-18-6-9-24(23(32)13-18)42-16-27(36)33-19-7-5-17(2)22(31)14-19/h5-10,12-15H,4,11,16H2,1-3H3,(H,33,36)(H,34,37,39)/b21-12-. The van der Waals surface area contributed by atoms with Crippen molar-refractivity contribution in [1.29, 1.82) is 0 Å². The third-order valence-corrected chi connectivity index (χ3v) is 6.75. The average Bonchev–Trinajstić information content (AvgIpc) is 2.95. The number of imide groups is 2. The quantitative estimate of drug-likeness (QED) is 0.220. The number of hydrogen-bond acceptors (Lipinski definition) is 7. The number of aryl methyl sites for hydroxylation is 1. The van der Waals surface area contributed by atoms with E-state index < -0.39 is 23.8 Å². The number of ether oxygens (including phenoxy) is 3. The summed E-state index contributed by atoms with van der Waals surface area (Å²) in [6, 6.07) is 13.3. The van der Waals surface area contributed by atoms with Gasteiger partial charge in [-0.05, 0) is 66.9 Å². The van der Waals surface area contributed by atoms with Crippen LogP contribution in [0.25, 0.3) is 6.08 Å². The first-order valence-electron chi connectivity index (χ1n) is 12.8. The molecule has 0 aromatic heterocycles. The number of carbonyl (C=O) groups is 4. The topological polar surface area (TPSA) is 123 Å². The molecule has 218 valence electrons. The lowest BCUT2D eigenvalue weighted by molar-refractivity contribution is -0.122. The molecule has 0 aliphatic carbocycles. The molecule has 12 heteroatoms. The van der Waals surface area contributed by atoms with E-state index in [0.29, 0.717) is 34.4 Å². The van der Waals surface area contributed by atoms with Crippen molar-refractivity contribution in [1.82, 2.24) is 5.32 Å². The van der Waals surface area contributed by atoms with E-state index in [2.05, 4.69) is 10.6 Å². The van der Waals surface area contributed by atoms with Gasteiger partial charge in [0.25, 0.3) is 17.7 Å². The van der Waals surface area contributed by atoms with Gasteiger partial charge in [-0.15, -0.1) is 0 Å². The highest BCUT2D eigenvalue weighted by molar-refractivity contribution is 6.39. The van der Waals surface area contributed by atoms with Gasteiger partial charge in [0.2, 0.25) is 0 Å². The number of benzene rings is 3. The highest BCUT2D eigenvalue weighted by atomic mass is 35.5. The average molecular weight is 612 g/mol. The summed E-state index contributed by atoms with van der Waals surface area (Å²) in [7, 11) is 1.44. The lowest BCUT2D eigenvalue weighted by atomic mass is 10.1. The minimum Gasteiger partial charge on any atom is -0.493 e. The number of anilines is 2. The number of nitrogens with zero attached hydrogens (tertiary/aromatic N) is 1. The molecule has 5 amide bonds. The molecular weight excluding hydrogens is 585 g/mol. The van der Waals surface area contributed by atoms with Gasteiger partial charge in [-0.3, -0.25) is 19.7 Å². The van der Waals surface area contributed by atoms with Gasteiger partial charge in [0.1, 0.15) is 11.3 Å². The van der Waals surface area contributed by atoms with Crippen molar-refractivity contribution >= 4 is 64.4 Å². The van der Waals surface area contributed by atoms with Crippen molar-refractivity contribution in [3.8, 4) is 17.2 Å². The van der Waals surface area contributed by atoms with Gasteiger partial charge < -0.3 is 19.5 Å². The Labute approximate surface area is 252 Å². The zero-order valence-electron chi connectivity index (χ0n) is 23.0. The summed E-state index contributed by atoms with van der Waals surface area (Å²) in [5, 5.41) is 5.52. The predicted molar refractivity (Wildman–Crippen MR) is 160 cm³/mol. The van der Waals surface area contributed by atoms with Crippen molar-refractivity contribution < 1.29 is 33.4 Å². The molecule has 4 rings (SSSR count). The van der Waals surface area contributed by atoms with Crippen LogP contribution in [0.1, 0.15) is 24.5 Å². The highest BCUT2D eigenvalue weighted by Gasteiger charge is 2.37. The van der Waals surface area contributed by atoms with Gasteiger partial charge in [-0.1, -0.05) is 42.3 Å². The first-order chi connectivity index (χ1) is 20.1. The van der Waals surface area contributed by atoms with E-state index in [4.69, 9.17) is 37.4 Å². The Kier molecular flexibility index (Phi) is 9.72. The second-order valence-electron chi connectivity index (χ2n) is 9.13. The molecule has 0 unspecified atom stereocenters. The molecule has 0 spiro atoms. The van der Waals surface area contributed by atoms with Gasteiger partial charge in [-0.2, -0.15) is 0 Å². The summed E-state index contributed by atoms with van der Waals surface area (Å²) in [5.41, 5.74) is 1.69. The monoisotopic (exact) mass is 611 g/mol. The predicted octanol–water partition coefficient (Wildman–Crippen LogP) is 5.78. The summed E-state index contributed by atoms with van der Waals surface area (Å²) in [6.07, 6.45) is 2.08. The van der Waals surface area contributed by atoms with Crippen molar-refractivity contribution in [2.45, 2.75) is 20.3 Å². The van der Waals surface area contributed by atoms with Crippen LogP contribution in [0.15, 0.2) is 60.2 Å². The number of amides is 5. The van der Waals surface area contributed by atoms with Crippen LogP contribution in [0.3, 0.4) is 0 Å². The Hall–Kier alpha value is -4.54. The van der Waals surface area contributed by atoms with Crippen LogP contribution in [0.4, 0.5) is 16.2 Å². The molecule has 1 heterocycles. The molecule has 0 saturated carbocycles. The van der Waals surface area contributed by atoms with Crippen LogP contribution in [0.2, 0.25) is 10.0 Å². The summed E-state index contributed by atoms with van der Waals surface area (Å²) < 4.78 is 16.5. The number of barbiturate groups is 1. The van der Waals surface area contributed by atoms with Crippen molar-refractivity contribution in [3.05, 3.63) is 81.3 Å². The van der Waals surface area contributed by atoms with E-state index in [9.17, 15) is 19.2 Å². The fourth-order valence-corrected chi connectivity index (χ4v) is 4.34. The number of rotatable bonds is 10. The summed E-state index contributed by atoms with van der Waals surface area (Å²) in [4.78, 5) is 51.7. The van der Waals surface area contributed by atoms with E-state index in [1.165, 1.54) is 37.5 Å². The molecule has 1 saturated heterocycles. The van der Waals surface area contributed by atoms with Crippen LogP contribution in [-0.4, -0.2) is 44.1 Å². The lowest BCUT2D eigenvalue weighted by Crippen LogP contribution is -2.54. The van der Waals surface area contributed by atoms with Crippen LogP contribution in [0, 0.1) is 6.92 Å². The largest absolute Gasteiger partial charge is 0.493 e. The maximum Gasteiger partial charge on any atom is 0.335 e. The fraction of sp³-hybridized carbons (Fsp3) is 0.200. The van der Waals surface area contributed by atoms with E-state index in [0.717, 1.165) is 16.9 Å². The molecule has 2 N–H and O–H groups in total. The summed E-state index contributed by atoms with van der Waals surface area (Å²) >= 11 is 12.4. The van der Waals surface area contributed by atoms with Gasteiger partial charge >= 0.3 is 6.03 Å². The SMILES string of the molecule is CCCOc1ccc(N2C(=O)NC(=O)/C(=C/c3ccc(OCC(=O)Nc4ccc(C)c(Cl)c4)c(Cl)c3)C2=O)cc1OC. The third kappa shape index (κ3) is 7.02. The summed E-state index contributed by atoms with van der Waals surface area (Å²) in [6.45, 7) is 3.95. The Morgan fingerprint density at radius 1 is 0.952 bits per heavy atom. The normalized spacial score (nSPS) is 14.1. The minimum atomic E-state index is -0.903. The number of methoxy groups -OCH3 is 1. The van der Waals surface area contributed by atoms with Crippen LogP contribution in [0.5, 0.6) is 17.2 Å². The summed E-state index contributed by atoms with van der Waals surface area (Å²) in [5.74, 6) is -1.13.